The fourth-order valence-electron chi connectivity index (χ4n) is 2.92. The van der Waals surface area contributed by atoms with Gasteiger partial charge >= 0.3 is 0 Å². The number of hydrogen-bond donors (Lipinski definition) is 0. The molecule has 2 unspecified atom stereocenters. The molecule has 0 aromatic carbocycles. The van der Waals surface area contributed by atoms with Crippen LogP contribution in [0.4, 0.5) is 0 Å². The normalized spacial score (nSPS) is 27.8. The molecule has 0 aliphatic carbocycles. The minimum absolute atomic E-state index is 0.102. The molecule has 120 valence electrons. The lowest BCUT2D eigenvalue weighted by molar-refractivity contribution is 0.162. The SMILES string of the molecule is CCS(=O)(=O)N1CCCC(C2N=NC(=S)N2CC(C)C)C1. The molecule has 1 saturated heterocycles. The van der Waals surface area contributed by atoms with Crippen LogP contribution in [-0.2, 0) is 10.0 Å². The van der Waals surface area contributed by atoms with Crippen LogP contribution >= 0.6 is 12.2 Å². The van der Waals surface area contributed by atoms with Crippen LogP contribution in [0, 0.1) is 11.8 Å². The van der Waals surface area contributed by atoms with Crippen LogP contribution in [0.2, 0.25) is 0 Å². The fourth-order valence-corrected chi connectivity index (χ4v) is 4.34. The Bertz CT molecular complexity index is 518. The summed E-state index contributed by atoms with van der Waals surface area (Å²) in [6.45, 7) is 7.91. The van der Waals surface area contributed by atoms with E-state index < -0.39 is 10.0 Å². The molecular weight excluding hydrogens is 308 g/mol. The number of rotatable bonds is 5. The summed E-state index contributed by atoms with van der Waals surface area (Å²) in [6.07, 6.45) is 1.74. The summed E-state index contributed by atoms with van der Waals surface area (Å²) in [5.41, 5.74) is 0. The standard InChI is InChI=1S/C13H24N4O2S2/c1-4-21(18,19)16-7-5-6-11(9-16)12-14-15-13(20)17(12)8-10(2)3/h10-12H,4-9H2,1-3H3. The first-order chi connectivity index (χ1) is 9.85. The van der Waals surface area contributed by atoms with E-state index in [1.54, 1.807) is 11.2 Å². The molecule has 2 atom stereocenters. The van der Waals surface area contributed by atoms with Gasteiger partial charge in [0.15, 0.2) is 0 Å². The Morgan fingerprint density at radius 3 is 2.76 bits per heavy atom. The predicted octanol–water partition coefficient (Wildman–Crippen LogP) is 2.08. The van der Waals surface area contributed by atoms with Crippen molar-refractivity contribution in [2.24, 2.45) is 22.1 Å². The molecule has 0 amide bonds. The van der Waals surface area contributed by atoms with Gasteiger partial charge in [-0.3, -0.25) is 0 Å². The maximum absolute atomic E-state index is 12.1. The van der Waals surface area contributed by atoms with E-state index in [0.717, 1.165) is 19.4 Å². The third-order valence-corrected chi connectivity index (χ3v) is 6.15. The molecular formula is C13H24N4O2S2. The van der Waals surface area contributed by atoms with Gasteiger partial charge in [-0.2, -0.15) is 5.11 Å². The van der Waals surface area contributed by atoms with Crippen molar-refractivity contribution in [3.8, 4) is 0 Å². The molecule has 1 fully saturated rings. The molecule has 0 aromatic rings. The Balaban J connectivity index is 2.10. The Kier molecular flexibility index (Phi) is 5.32. The van der Waals surface area contributed by atoms with Crippen molar-refractivity contribution in [3.05, 3.63) is 0 Å². The van der Waals surface area contributed by atoms with E-state index in [0.29, 0.717) is 24.1 Å². The highest BCUT2D eigenvalue weighted by molar-refractivity contribution is 7.89. The van der Waals surface area contributed by atoms with Crippen LogP contribution in [0.15, 0.2) is 10.2 Å². The van der Waals surface area contributed by atoms with Gasteiger partial charge < -0.3 is 4.90 Å². The molecule has 21 heavy (non-hydrogen) atoms. The Morgan fingerprint density at radius 2 is 2.14 bits per heavy atom. The monoisotopic (exact) mass is 332 g/mol. The van der Waals surface area contributed by atoms with Gasteiger partial charge in [-0.05, 0) is 37.9 Å². The summed E-state index contributed by atoms with van der Waals surface area (Å²) in [5, 5.41) is 8.89. The highest BCUT2D eigenvalue weighted by Gasteiger charge is 2.38. The van der Waals surface area contributed by atoms with Crippen molar-refractivity contribution in [1.82, 2.24) is 9.21 Å². The van der Waals surface area contributed by atoms with Gasteiger partial charge in [-0.25, -0.2) is 12.7 Å². The van der Waals surface area contributed by atoms with Crippen LogP contribution < -0.4 is 0 Å². The second-order valence-corrected chi connectivity index (χ2v) is 8.74. The average Bonchev–Trinajstić information content (AvgIpc) is 2.80. The average molecular weight is 332 g/mol. The summed E-state index contributed by atoms with van der Waals surface area (Å²) < 4.78 is 25.7. The second-order valence-electron chi connectivity index (χ2n) is 6.12. The van der Waals surface area contributed by atoms with Crippen molar-refractivity contribution in [3.63, 3.8) is 0 Å². The topological polar surface area (TPSA) is 65.3 Å². The van der Waals surface area contributed by atoms with Crippen molar-refractivity contribution in [1.29, 1.82) is 0 Å². The van der Waals surface area contributed by atoms with Gasteiger partial charge in [0, 0.05) is 25.6 Å². The Labute approximate surface area is 132 Å². The summed E-state index contributed by atoms with van der Waals surface area (Å²) in [7, 11) is -3.13. The number of azo groups is 1. The maximum Gasteiger partial charge on any atom is 0.217 e. The summed E-state index contributed by atoms with van der Waals surface area (Å²) in [6, 6.07) is 0. The van der Waals surface area contributed by atoms with E-state index in [1.165, 1.54) is 0 Å². The van der Waals surface area contributed by atoms with E-state index >= 15 is 0 Å². The lowest BCUT2D eigenvalue weighted by atomic mass is 9.95. The number of nitrogens with zero attached hydrogens (tertiary/aromatic N) is 4. The first-order valence-electron chi connectivity index (χ1n) is 7.54. The summed E-state index contributed by atoms with van der Waals surface area (Å²) >= 11 is 5.26. The highest BCUT2D eigenvalue weighted by Crippen LogP contribution is 2.29. The lowest BCUT2D eigenvalue weighted by Gasteiger charge is -2.37. The van der Waals surface area contributed by atoms with Gasteiger partial charge in [0.05, 0.1) is 5.75 Å². The molecule has 0 spiro atoms. The third kappa shape index (κ3) is 3.78. The smallest absolute Gasteiger partial charge is 0.217 e. The molecule has 6 nitrogen and oxygen atoms in total. The van der Waals surface area contributed by atoms with Crippen molar-refractivity contribution in [2.45, 2.75) is 39.8 Å². The zero-order chi connectivity index (χ0) is 15.6. The fraction of sp³-hybridized carbons (Fsp3) is 0.923. The van der Waals surface area contributed by atoms with Gasteiger partial charge in [-0.15, -0.1) is 5.11 Å². The van der Waals surface area contributed by atoms with E-state index in [4.69, 9.17) is 12.2 Å². The van der Waals surface area contributed by atoms with E-state index in [1.807, 2.05) is 4.90 Å². The largest absolute Gasteiger partial charge is 0.322 e. The molecule has 2 aliphatic heterocycles. The van der Waals surface area contributed by atoms with Crippen LogP contribution in [0.1, 0.15) is 33.6 Å². The summed E-state index contributed by atoms with van der Waals surface area (Å²) in [4.78, 5) is 2.05. The molecule has 2 rings (SSSR count). The molecule has 2 heterocycles. The molecule has 0 saturated carbocycles. The molecule has 8 heteroatoms. The molecule has 0 bridgehead atoms. The lowest BCUT2D eigenvalue weighted by Crippen LogP contribution is -2.48. The van der Waals surface area contributed by atoms with Crippen LogP contribution in [0.5, 0.6) is 0 Å². The van der Waals surface area contributed by atoms with Crippen LogP contribution in [0.3, 0.4) is 0 Å². The Morgan fingerprint density at radius 1 is 1.43 bits per heavy atom. The third-order valence-electron chi connectivity index (χ3n) is 3.99. The minimum atomic E-state index is -3.13. The van der Waals surface area contributed by atoms with Crippen LogP contribution in [0.25, 0.3) is 0 Å². The van der Waals surface area contributed by atoms with Gasteiger partial charge in [-0.1, -0.05) is 13.8 Å². The molecule has 0 aromatic heterocycles. The van der Waals surface area contributed by atoms with Gasteiger partial charge in [0.2, 0.25) is 15.1 Å². The molecule has 0 N–H and O–H groups in total. The van der Waals surface area contributed by atoms with E-state index in [2.05, 4.69) is 24.1 Å². The zero-order valence-electron chi connectivity index (χ0n) is 12.9. The number of hydrogen-bond acceptors (Lipinski definition) is 4. The number of thiocarbonyl (C=S) groups is 1. The molecule has 2 aliphatic rings. The van der Waals surface area contributed by atoms with Gasteiger partial charge in [0.25, 0.3) is 0 Å². The quantitative estimate of drug-likeness (QED) is 0.723. The maximum atomic E-state index is 12.1. The van der Waals surface area contributed by atoms with Crippen LogP contribution in [-0.4, -0.2) is 54.3 Å². The molecule has 0 radical (unpaired) electrons. The highest BCUT2D eigenvalue weighted by atomic mass is 32.2. The predicted molar refractivity (Wildman–Crippen MR) is 86.5 cm³/mol. The first-order valence-corrected chi connectivity index (χ1v) is 9.56. The van der Waals surface area contributed by atoms with Crippen molar-refractivity contribution < 1.29 is 8.42 Å². The summed E-state index contributed by atoms with van der Waals surface area (Å²) in [5.74, 6) is 0.788. The van der Waals surface area contributed by atoms with Gasteiger partial charge in [0.1, 0.15) is 6.17 Å². The minimum Gasteiger partial charge on any atom is -0.322 e. The van der Waals surface area contributed by atoms with Crippen molar-refractivity contribution >= 4 is 27.4 Å². The Hall–Kier alpha value is -0.600. The second kappa shape index (κ2) is 6.66. The van der Waals surface area contributed by atoms with E-state index in [9.17, 15) is 8.42 Å². The first kappa shape index (κ1) is 16.8. The number of sulfonamides is 1. The van der Waals surface area contributed by atoms with Crippen molar-refractivity contribution in [2.75, 3.05) is 25.4 Å². The number of piperidine rings is 1. The van der Waals surface area contributed by atoms with E-state index in [-0.39, 0.29) is 17.8 Å². The zero-order valence-corrected chi connectivity index (χ0v) is 14.5.